The van der Waals surface area contributed by atoms with Crippen LogP contribution in [0, 0.1) is 6.92 Å². The number of pyridine rings is 1. The largest absolute Gasteiger partial charge is 0.320 e. The molecule has 1 amide bonds. The Labute approximate surface area is 131 Å². The molecular formula is C14H12Cl2N2OS. The molecule has 104 valence electrons. The third-order valence-electron chi connectivity index (χ3n) is 2.72. The van der Waals surface area contributed by atoms with Crippen molar-refractivity contribution < 1.29 is 4.79 Å². The zero-order valence-electron chi connectivity index (χ0n) is 10.9. The van der Waals surface area contributed by atoms with Gasteiger partial charge in [0.25, 0.3) is 5.91 Å². The first-order valence-corrected chi connectivity index (χ1v) is 7.77. The number of hydrogen-bond donors (Lipinski definition) is 1. The van der Waals surface area contributed by atoms with Crippen LogP contribution in [0.4, 0.5) is 5.69 Å². The van der Waals surface area contributed by atoms with Gasteiger partial charge in [0, 0.05) is 4.90 Å². The van der Waals surface area contributed by atoms with Crippen molar-refractivity contribution in [2.45, 2.75) is 11.8 Å². The van der Waals surface area contributed by atoms with Crippen molar-refractivity contribution in [1.82, 2.24) is 4.98 Å². The van der Waals surface area contributed by atoms with Gasteiger partial charge in [-0.05, 0) is 43.5 Å². The second-order valence-electron chi connectivity index (χ2n) is 4.07. The fraction of sp³-hybridized carbons (Fsp3) is 0.143. The smallest absolute Gasteiger partial charge is 0.257 e. The molecule has 0 radical (unpaired) electrons. The minimum atomic E-state index is -0.266. The number of amides is 1. The highest BCUT2D eigenvalue weighted by molar-refractivity contribution is 7.98. The average Bonchev–Trinajstić information content (AvgIpc) is 2.42. The van der Waals surface area contributed by atoms with Crippen LogP contribution in [0.2, 0.25) is 10.2 Å². The molecule has 20 heavy (non-hydrogen) atoms. The van der Waals surface area contributed by atoms with E-state index < -0.39 is 0 Å². The normalized spacial score (nSPS) is 10.4. The van der Waals surface area contributed by atoms with E-state index in [1.165, 1.54) is 0 Å². The number of nitrogens with one attached hydrogen (secondary N) is 1. The maximum Gasteiger partial charge on any atom is 0.257 e. The molecule has 0 unspecified atom stereocenters. The fourth-order valence-electron chi connectivity index (χ4n) is 1.66. The summed E-state index contributed by atoms with van der Waals surface area (Å²) in [6.45, 7) is 1.78. The Hall–Kier alpha value is -1.23. The maximum absolute atomic E-state index is 12.3. The van der Waals surface area contributed by atoms with E-state index in [2.05, 4.69) is 10.3 Å². The summed E-state index contributed by atoms with van der Waals surface area (Å²) in [7, 11) is 0. The fourth-order valence-corrected chi connectivity index (χ4v) is 2.49. The van der Waals surface area contributed by atoms with E-state index in [1.54, 1.807) is 43.0 Å². The Morgan fingerprint density at radius 2 is 2.00 bits per heavy atom. The van der Waals surface area contributed by atoms with Gasteiger partial charge in [-0.15, -0.1) is 11.8 Å². The van der Waals surface area contributed by atoms with Crippen molar-refractivity contribution in [2.75, 3.05) is 11.6 Å². The molecule has 0 atom stereocenters. The number of halogens is 2. The van der Waals surface area contributed by atoms with Gasteiger partial charge in [0.2, 0.25) is 0 Å². The van der Waals surface area contributed by atoms with Crippen LogP contribution in [-0.4, -0.2) is 17.1 Å². The number of carbonyl (C=O) groups is 1. The van der Waals surface area contributed by atoms with Crippen LogP contribution in [0.25, 0.3) is 0 Å². The quantitative estimate of drug-likeness (QED) is 0.658. The third-order valence-corrected chi connectivity index (χ3v) is 3.98. The lowest BCUT2D eigenvalue weighted by Crippen LogP contribution is -2.13. The summed E-state index contributed by atoms with van der Waals surface area (Å²) in [4.78, 5) is 17.3. The molecule has 1 N–H and O–H groups in total. The van der Waals surface area contributed by atoms with Crippen LogP contribution in [0.3, 0.4) is 0 Å². The second kappa shape index (κ2) is 6.48. The zero-order valence-corrected chi connectivity index (χ0v) is 13.2. The molecule has 0 fully saturated rings. The second-order valence-corrected chi connectivity index (χ2v) is 5.74. The van der Waals surface area contributed by atoms with Crippen molar-refractivity contribution in [3.8, 4) is 0 Å². The van der Waals surface area contributed by atoms with Crippen molar-refractivity contribution >= 4 is 46.6 Å². The van der Waals surface area contributed by atoms with Gasteiger partial charge in [0.15, 0.2) is 0 Å². The molecule has 1 heterocycles. The highest BCUT2D eigenvalue weighted by atomic mass is 35.5. The van der Waals surface area contributed by atoms with Crippen LogP contribution in [0.5, 0.6) is 0 Å². The van der Waals surface area contributed by atoms with E-state index in [1.807, 2.05) is 12.3 Å². The molecule has 0 spiro atoms. The molecule has 6 heteroatoms. The predicted octanol–water partition coefficient (Wildman–Crippen LogP) is 4.67. The Bertz CT molecular complexity index is 662. The molecule has 2 aromatic rings. The van der Waals surface area contributed by atoms with Crippen molar-refractivity contribution in [1.29, 1.82) is 0 Å². The minimum absolute atomic E-state index is 0.266. The minimum Gasteiger partial charge on any atom is -0.320 e. The number of hydrogen-bond acceptors (Lipinski definition) is 3. The van der Waals surface area contributed by atoms with Crippen LogP contribution >= 0.6 is 35.0 Å². The molecule has 0 saturated carbocycles. The van der Waals surface area contributed by atoms with Crippen molar-refractivity contribution in [3.05, 3.63) is 51.8 Å². The number of aromatic nitrogens is 1. The third kappa shape index (κ3) is 3.45. The Morgan fingerprint density at radius 1 is 1.25 bits per heavy atom. The van der Waals surface area contributed by atoms with E-state index >= 15 is 0 Å². The molecule has 0 aliphatic heterocycles. The molecule has 0 aliphatic rings. The van der Waals surface area contributed by atoms with Crippen molar-refractivity contribution in [2.24, 2.45) is 0 Å². The molecule has 3 nitrogen and oxygen atoms in total. The van der Waals surface area contributed by atoms with E-state index in [0.29, 0.717) is 27.1 Å². The Morgan fingerprint density at radius 3 is 2.65 bits per heavy atom. The Balaban J connectivity index is 2.28. The van der Waals surface area contributed by atoms with Gasteiger partial charge in [-0.1, -0.05) is 23.2 Å². The van der Waals surface area contributed by atoms with Gasteiger partial charge in [-0.3, -0.25) is 4.79 Å². The summed E-state index contributed by atoms with van der Waals surface area (Å²) in [5.74, 6) is -0.266. The van der Waals surface area contributed by atoms with E-state index in [9.17, 15) is 4.79 Å². The van der Waals surface area contributed by atoms with Gasteiger partial charge < -0.3 is 5.32 Å². The van der Waals surface area contributed by atoms with Crippen LogP contribution in [0.1, 0.15) is 16.1 Å². The summed E-state index contributed by atoms with van der Waals surface area (Å²) < 4.78 is 0. The lowest BCUT2D eigenvalue weighted by atomic mass is 10.2. The Kier molecular flexibility index (Phi) is 4.91. The molecule has 0 bridgehead atoms. The molecule has 1 aromatic carbocycles. The SMILES string of the molecule is CSc1ccc(Cl)c(C(=O)Nc2ccc(Cl)nc2C)c1. The summed E-state index contributed by atoms with van der Waals surface area (Å²) in [5, 5.41) is 3.60. The summed E-state index contributed by atoms with van der Waals surface area (Å²) >= 11 is 13.4. The summed E-state index contributed by atoms with van der Waals surface area (Å²) in [6.07, 6.45) is 1.94. The van der Waals surface area contributed by atoms with Gasteiger partial charge in [-0.25, -0.2) is 4.98 Å². The first-order chi connectivity index (χ1) is 9.51. The van der Waals surface area contributed by atoms with Crippen molar-refractivity contribution in [3.63, 3.8) is 0 Å². The van der Waals surface area contributed by atoms with Gasteiger partial charge in [0.05, 0.1) is 22.0 Å². The average molecular weight is 327 g/mol. The molecule has 0 saturated heterocycles. The monoisotopic (exact) mass is 326 g/mol. The number of nitrogens with zero attached hydrogens (tertiary/aromatic N) is 1. The standard InChI is InChI=1S/C14H12Cl2N2OS/c1-8-12(5-6-13(16)17-8)18-14(19)10-7-9(20-2)3-4-11(10)15/h3-7H,1-2H3,(H,18,19). The lowest BCUT2D eigenvalue weighted by molar-refractivity contribution is 0.102. The number of thioether (sulfide) groups is 1. The lowest BCUT2D eigenvalue weighted by Gasteiger charge is -2.10. The maximum atomic E-state index is 12.3. The van der Waals surface area contributed by atoms with E-state index in [-0.39, 0.29) is 5.91 Å². The summed E-state index contributed by atoms with van der Waals surface area (Å²) in [6, 6.07) is 8.70. The molecule has 2 rings (SSSR count). The number of anilines is 1. The van der Waals surface area contributed by atoms with Gasteiger partial charge in [0.1, 0.15) is 5.15 Å². The topological polar surface area (TPSA) is 42.0 Å². The molecule has 1 aromatic heterocycles. The van der Waals surface area contributed by atoms with Crippen LogP contribution in [0.15, 0.2) is 35.2 Å². The number of rotatable bonds is 3. The number of benzene rings is 1. The highest BCUT2D eigenvalue weighted by Crippen LogP contribution is 2.24. The van der Waals surface area contributed by atoms with E-state index in [0.717, 1.165) is 4.90 Å². The highest BCUT2D eigenvalue weighted by Gasteiger charge is 2.13. The van der Waals surface area contributed by atoms with Gasteiger partial charge in [-0.2, -0.15) is 0 Å². The van der Waals surface area contributed by atoms with Crippen LogP contribution in [-0.2, 0) is 0 Å². The first kappa shape index (κ1) is 15.2. The number of aryl methyl sites for hydroxylation is 1. The molecule has 0 aliphatic carbocycles. The van der Waals surface area contributed by atoms with Gasteiger partial charge >= 0.3 is 0 Å². The predicted molar refractivity (Wildman–Crippen MR) is 85.2 cm³/mol. The number of carbonyl (C=O) groups excluding carboxylic acids is 1. The first-order valence-electron chi connectivity index (χ1n) is 5.79. The molecular weight excluding hydrogens is 315 g/mol. The zero-order chi connectivity index (χ0) is 14.7. The summed E-state index contributed by atoms with van der Waals surface area (Å²) in [5.41, 5.74) is 1.71. The van der Waals surface area contributed by atoms with E-state index in [4.69, 9.17) is 23.2 Å². The van der Waals surface area contributed by atoms with Crippen LogP contribution < -0.4 is 5.32 Å².